The van der Waals surface area contributed by atoms with Crippen LogP contribution in [0, 0.1) is 17.3 Å². The standard InChI is InChI=1S/C14H27N/c1-10-8-9-11-6-5-7-12(13(11)15-10)14(2,3)4/h10-13,15H,5-9H2,1-4H3/t10-,11-,12-,13+/m1/s1. The molecular weight excluding hydrogens is 182 g/mol. The van der Waals surface area contributed by atoms with Crippen LogP contribution < -0.4 is 5.32 Å². The van der Waals surface area contributed by atoms with Crippen molar-refractivity contribution in [1.82, 2.24) is 5.32 Å². The minimum absolute atomic E-state index is 0.480. The normalized spacial score (nSPS) is 42.4. The average molecular weight is 209 g/mol. The summed E-state index contributed by atoms with van der Waals surface area (Å²) < 4.78 is 0. The van der Waals surface area contributed by atoms with Crippen molar-refractivity contribution in [3.05, 3.63) is 0 Å². The van der Waals surface area contributed by atoms with Gasteiger partial charge in [0, 0.05) is 12.1 Å². The number of nitrogens with one attached hydrogen (secondary N) is 1. The Labute approximate surface area is 95.0 Å². The lowest BCUT2D eigenvalue weighted by atomic mass is 9.63. The molecule has 1 heteroatoms. The van der Waals surface area contributed by atoms with Gasteiger partial charge in [0.25, 0.3) is 0 Å². The molecule has 88 valence electrons. The monoisotopic (exact) mass is 209 g/mol. The first-order valence-electron chi connectivity index (χ1n) is 6.74. The quantitative estimate of drug-likeness (QED) is 0.643. The Morgan fingerprint density at radius 1 is 1.00 bits per heavy atom. The minimum Gasteiger partial charge on any atom is -0.311 e. The van der Waals surface area contributed by atoms with Gasteiger partial charge in [0.05, 0.1) is 0 Å². The van der Waals surface area contributed by atoms with Crippen LogP contribution in [0.1, 0.15) is 59.8 Å². The van der Waals surface area contributed by atoms with Gasteiger partial charge in [-0.2, -0.15) is 0 Å². The van der Waals surface area contributed by atoms with Gasteiger partial charge in [-0.15, -0.1) is 0 Å². The van der Waals surface area contributed by atoms with E-state index in [2.05, 4.69) is 33.0 Å². The van der Waals surface area contributed by atoms with E-state index >= 15 is 0 Å². The smallest absolute Gasteiger partial charge is 0.0131 e. The van der Waals surface area contributed by atoms with E-state index in [1.807, 2.05) is 0 Å². The Hall–Kier alpha value is -0.0400. The Bertz CT molecular complexity index is 216. The molecule has 1 saturated heterocycles. The van der Waals surface area contributed by atoms with Crippen LogP contribution in [0.4, 0.5) is 0 Å². The molecule has 0 aromatic carbocycles. The fourth-order valence-electron chi connectivity index (χ4n) is 3.71. The first-order valence-corrected chi connectivity index (χ1v) is 6.74. The molecule has 4 atom stereocenters. The number of hydrogen-bond acceptors (Lipinski definition) is 1. The van der Waals surface area contributed by atoms with Gasteiger partial charge >= 0.3 is 0 Å². The van der Waals surface area contributed by atoms with Gasteiger partial charge in [0.1, 0.15) is 0 Å². The number of rotatable bonds is 0. The summed E-state index contributed by atoms with van der Waals surface area (Å²) in [5.74, 6) is 1.86. The average Bonchev–Trinajstić information content (AvgIpc) is 2.15. The molecule has 0 aromatic heterocycles. The lowest BCUT2D eigenvalue weighted by Crippen LogP contribution is -2.55. The number of hydrogen-bond donors (Lipinski definition) is 1. The predicted molar refractivity (Wildman–Crippen MR) is 65.9 cm³/mol. The molecule has 0 spiro atoms. The van der Waals surface area contributed by atoms with Crippen LogP contribution in [0.2, 0.25) is 0 Å². The molecule has 0 amide bonds. The number of piperidine rings is 1. The summed E-state index contributed by atoms with van der Waals surface area (Å²) in [5, 5.41) is 3.87. The van der Waals surface area contributed by atoms with Crippen molar-refractivity contribution < 1.29 is 0 Å². The van der Waals surface area contributed by atoms with E-state index in [9.17, 15) is 0 Å². The molecular formula is C14H27N. The van der Waals surface area contributed by atoms with E-state index in [4.69, 9.17) is 0 Å². The molecule has 1 aliphatic carbocycles. The van der Waals surface area contributed by atoms with Gasteiger partial charge < -0.3 is 5.32 Å². The van der Waals surface area contributed by atoms with E-state index < -0.39 is 0 Å². The fourth-order valence-corrected chi connectivity index (χ4v) is 3.71. The molecule has 0 aromatic rings. The lowest BCUT2D eigenvalue weighted by molar-refractivity contribution is 0.0564. The Balaban J connectivity index is 2.11. The Morgan fingerprint density at radius 2 is 1.73 bits per heavy atom. The van der Waals surface area contributed by atoms with Crippen LogP contribution >= 0.6 is 0 Å². The number of fused-ring (bicyclic) bond motifs is 1. The van der Waals surface area contributed by atoms with E-state index in [1.165, 1.54) is 32.1 Å². The second kappa shape index (κ2) is 4.08. The van der Waals surface area contributed by atoms with Gasteiger partial charge in [-0.05, 0) is 49.9 Å². The van der Waals surface area contributed by atoms with Gasteiger partial charge in [-0.3, -0.25) is 0 Å². The van der Waals surface area contributed by atoms with Crippen molar-refractivity contribution in [2.75, 3.05) is 0 Å². The highest BCUT2D eigenvalue weighted by Crippen LogP contribution is 2.43. The van der Waals surface area contributed by atoms with Crippen molar-refractivity contribution >= 4 is 0 Å². The molecule has 2 aliphatic rings. The van der Waals surface area contributed by atoms with E-state index in [0.717, 1.165) is 23.9 Å². The summed E-state index contributed by atoms with van der Waals surface area (Å²) in [6, 6.07) is 1.55. The van der Waals surface area contributed by atoms with Crippen LogP contribution in [0.3, 0.4) is 0 Å². The van der Waals surface area contributed by atoms with E-state index in [-0.39, 0.29) is 0 Å². The molecule has 0 unspecified atom stereocenters. The maximum Gasteiger partial charge on any atom is 0.0131 e. The third-order valence-electron chi connectivity index (χ3n) is 4.59. The zero-order valence-electron chi connectivity index (χ0n) is 10.8. The molecule has 15 heavy (non-hydrogen) atoms. The molecule has 0 radical (unpaired) electrons. The third kappa shape index (κ3) is 2.38. The SMILES string of the molecule is C[C@@H]1CC[C@H]2CCC[C@@H](C(C)(C)C)[C@H]2N1. The Morgan fingerprint density at radius 3 is 2.40 bits per heavy atom. The molecule has 0 bridgehead atoms. The van der Waals surface area contributed by atoms with Crippen LogP contribution in [0.15, 0.2) is 0 Å². The molecule has 1 aliphatic heterocycles. The zero-order valence-corrected chi connectivity index (χ0v) is 10.8. The Kier molecular flexibility index (Phi) is 3.12. The highest BCUT2D eigenvalue weighted by molar-refractivity contribution is 4.96. The second-order valence-corrected chi connectivity index (χ2v) is 6.83. The summed E-state index contributed by atoms with van der Waals surface area (Å²) in [7, 11) is 0. The predicted octanol–water partition coefficient (Wildman–Crippen LogP) is 3.59. The summed E-state index contributed by atoms with van der Waals surface area (Å²) in [4.78, 5) is 0. The van der Waals surface area contributed by atoms with E-state index in [0.29, 0.717) is 5.41 Å². The second-order valence-electron chi connectivity index (χ2n) is 6.83. The van der Waals surface area contributed by atoms with Crippen molar-refractivity contribution in [1.29, 1.82) is 0 Å². The summed E-state index contributed by atoms with van der Waals surface area (Å²) >= 11 is 0. The highest BCUT2D eigenvalue weighted by atomic mass is 15.0. The first kappa shape index (κ1) is 11.4. The molecule has 1 heterocycles. The van der Waals surface area contributed by atoms with Crippen LogP contribution in [0.5, 0.6) is 0 Å². The molecule has 1 saturated carbocycles. The third-order valence-corrected chi connectivity index (χ3v) is 4.59. The van der Waals surface area contributed by atoms with Crippen molar-refractivity contribution in [3.8, 4) is 0 Å². The van der Waals surface area contributed by atoms with Crippen LogP contribution in [-0.4, -0.2) is 12.1 Å². The van der Waals surface area contributed by atoms with Crippen LogP contribution in [-0.2, 0) is 0 Å². The fraction of sp³-hybridized carbons (Fsp3) is 1.00. The maximum absolute atomic E-state index is 3.87. The summed E-state index contributed by atoms with van der Waals surface area (Å²) in [5.41, 5.74) is 0.480. The highest BCUT2D eigenvalue weighted by Gasteiger charge is 2.41. The molecule has 1 nitrogen and oxygen atoms in total. The first-order chi connectivity index (χ1) is 6.98. The minimum atomic E-state index is 0.480. The topological polar surface area (TPSA) is 12.0 Å². The molecule has 2 fully saturated rings. The van der Waals surface area contributed by atoms with Gasteiger partial charge in [-0.25, -0.2) is 0 Å². The maximum atomic E-state index is 3.87. The molecule has 1 N–H and O–H groups in total. The van der Waals surface area contributed by atoms with Crippen LogP contribution in [0.25, 0.3) is 0 Å². The van der Waals surface area contributed by atoms with Crippen molar-refractivity contribution in [2.24, 2.45) is 17.3 Å². The van der Waals surface area contributed by atoms with Crippen molar-refractivity contribution in [2.45, 2.75) is 71.9 Å². The molecule has 2 rings (SSSR count). The van der Waals surface area contributed by atoms with Gasteiger partial charge in [0.15, 0.2) is 0 Å². The summed E-state index contributed by atoms with van der Waals surface area (Å²) in [6.07, 6.45) is 7.21. The lowest BCUT2D eigenvalue weighted by Gasteiger charge is -2.49. The van der Waals surface area contributed by atoms with Gasteiger partial charge in [-0.1, -0.05) is 27.2 Å². The zero-order chi connectivity index (χ0) is 11.1. The van der Waals surface area contributed by atoms with Gasteiger partial charge in [0.2, 0.25) is 0 Å². The van der Waals surface area contributed by atoms with Crippen molar-refractivity contribution in [3.63, 3.8) is 0 Å². The summed E-state index contributed by atoms with van der Waals surface area (Å²) in [6.45, 7) is 9.60. The van der Waals surface area contributed by atoms with E-state index in [1.54, 1.807) is 0 Å². The largest absolute Gasteiger partial charge is 0.311 e.